The van der Waals surface area contributed by atoms with E-state index < -0.39 is 0 Å². The molecule has 0 bridgehead atoms. The number of H-pyrrole nitrogens is 1. The van der Waals surface area contributed by atoms with Crippen molar-refractivity contribution >= 4 is 23.6 Å². The molecule has 0 radical (unpaired) electrons. The SMILES string of the molecule is CCCc1c(-c2csc(C)c2)[nH]cnc1=S. The number of nitrogens with zero attached hydrogens (tertiary/aromatic N) is 1. The van der Waals surface area contributed by atoms with Crippen molar-refractivity contribution in [1.29, 1.82) is 0 Å². The van der Waals surface area contributed by atoms with Crippen LogP contribution >= 0.6 is 23.6 Å². The van der Waals surface area contributed by atoms with Crippen LogP contribution in [0, 0.1) is 11.6 Å². The summed E-state index contributed by atoms with van der Waals surface area (Å²) in [7, 11) is 0. The van der Waals surface area contributed by atoms with Gasteiger partial charge in [-0.15, -0.1) is 11.3 Å². The molecule has 2 nitrogen and oxygen atoms in total. The maximum absolute atomic E-state index is 5.28. The number of aromatic nitrogens is 2. The van der Waals surface area contributed by atoms with Gasteiger partial charge in [-0.25, -0.2) is 4.98 Å². The van der Waals surface area contributed by atoms with Crippen LogP contribution in [-0.4, -0.2) is 9.97 Å². The van der Waals surface area contributed by atoms with Gasteiger partial charge in [-0.3, -0.25) is 0 Å². The Morgan fingerprint density at radius 3 is 2.94 bits per heavy atom. The molecule has 0 aliphatic rings. The second kappa shape index (κ2) is 4.89. The molecule has 2 heterocycles. The summed E-state index contributed by atoms with van der Waals surface area (Å²) < 4.78 is 0.722. The summed E-state index contributed by atoms with van der Waals surface area (Å²) in [5.41, 5.74) is 3.52. The zero-order valence-corrected chi connectivity index (χ0v) is 11.0. The van der Waals surface area contributed by atoms with E-state index in [0.29, 0.717) is 0 Å². The molecule has 0 spiro atoms. The third-order valence-electron chi connectivity index (χ3n) is 2.47. The van der Waals surface area contributed by atoms with Crippen molar-refractivity contribution < 1.29 is 0 Å². The van der Waals surface area contributed by atoms with Crippen LogP contribution < -0.4 is 0 Å². The van der Waals surface area contributed by atoms with Gasteiger partial charge in [0.25, 0.3) is 0 Å². The number of thiophene rings is 1. The summed E-state index contributed by atoms with van der Waals surface area (Å²) in [6.07, 6.45) is 3.75. The van der Waals surface area contributed by atoms with Crippen LogP contribution in [0.4, 0.5) is 0 Å². The fourth-order valence-electron chi connectivity index (χ4n) is 1.74. The Morgan fingerprint density at radius 1 is 1.50 bits per heavy atom. The number of hydrogen-bond acceptors (Lipinski definition) is 3. The third kappa shape index (κ3) is 2.23. The lowest BCUT2D eigenvalue weighted by molar-refractivity contribution is 0.898. The van der Waals surface area contributed by atoms with Crippen LogP contribution in [0.15, 0.2) is 17.8 Å². The lowest BCUT2D eigenvalue weighted by Crippen LogP contribution is -1.95. The molecule has 1 N–H and O–H groups in total. The van der Waals surface area contributed by atoms with Gasteiger partial charge in [0.1, 0.15) is 4.64 Å². The topological polar surface area (TPSA) is 28.7 Å². The number of aryl methyl sites for hydroxylation is 1. The Kier molecular flexibility index (Phi) is 3.51. The molecule has 0 amide bonds. The smallest absolute Gasteiger partial charge is 0.133 e. The van der Waals surface area contributed by atoms with Gasteiger partial charge in [-0.2, -0.15) is 0 Å². The molecule has 2 aromatic heterocycles. The highest BCUT2D eigenvalue weighted by atomic mass is 32.1. The van der Waals surface area contributed by atoms with E-state index in [9.17, 15) is 0 Å². The monoisotopic (exact) mass is 250 g/mol. The molecule has 16 heavy (non-hydrogen) atoms. The van der Waals surface area contributed by atoms with Crippen molar-refractivity contribution in [3.63, 3.8) is 0 Å². The molecule has 0 aliphatic carbocycles. The van der Waals surface area contributed by atoms with E-state index in [1.54, 1.807) is 17.7 Å². The Bertz CT molecular complexity index is 540. The van der Waals surface area contributed by atoms with Gasteiger partial charge in [0.2, 0.25) is 0 Å². The van der Waals surface area contributed by atoms with Gasteiger partial charge in [-0.1, -0.05) is 25.6 Å². The lowest BCUT2D eigenvalue weighted by atomic mass is 10.1. The maximum Gasteiger partial charge on any atom is 0.133 e. The Balaban J connectivity index is 2.55. The van der Waals surface area contributed by atoms with E-state index in [-0.39, 0.29) is 0 Å². The van der Waals surface area contributed by atoms with Crippen LogP contribution in [0.5, 0.6) is 0 Å². The largest absolute Gasteiger partial charge is 0.346 e. The quantitative estimate of drug-likeness (QED) is 0.830. The molecule has 0 fully saturated rings. The number of rotatable bonds is 3. The summed E-state index contributed by atoms with van der Waals surface area (Å²) in [4.78, 5) is 8.69. The molecule has 0 unspecified atom stereocenters. The van der Waals surface area contributed by atoms with Crippen LogP contribution in [0.1, 0.15) is 23.8 Å². The minimum atomic E-state index is 0.722. The number of hydrogen-bond donors (Lipinski definition) is 1. The summed E-state index contributed by atoms with van der Waals surface area (Å²) in [6.45, 7) is 4.27. The van der Waals surface area contributed by atoms with Gasteiger partial charge >= 0.3 is 0 Å². The van der Waals surface area contributed by atoms with Crippen LogP contribution in [0.2, 0.25) is 0 Å². The summed E-state index contributed by atoms with van der Waals surface area (Å²) >= 11 is 7.04. The first-order chi connectivity index (χ1) is 7.72. The zero-order valence-electron chi connectivity index (χ0n) is 9.41. The first kappa shape index (κ1) is 11.5. The van der Waals surface area contributed by atoms with E-state index in [1.165, 1.54) is 10.4 Å². The molecular formula is C12H14N2S2. The first-order valence-electron chi connectivity index (χ1n) is 5.34. The fraction of sp³-hybridized carbons (Fsp3) is 0.333. The van der Waals surface area contributed by atoms with Crippen LogP contribution in [0.25, 0.3) is 11.3 Å². The fourth-order valence-corrected chi connectivity index (χ4v) is 2.69. The highest BCUT2D eigenvalue weighted by Gasteiger charge is 2.08. The molecule has 2 aromatic rings. The van der Waals surface area contributed by atoms with Gasteiger partial charge in [-0.05, 0) is 19.4 Å². The highest BCUT2D eigenvalue weighted by Crippen LogP contribution is 2.27. The molecule has 4 heteroatoms. The Hall–Kier alpha value is -1.00. The third-order valence-corrected chi connectivity index (χ3v) is 3.68. The van der Waals surface area contributed by atoms with E-state index in [2.05, 4.69) is 35.3 Å². The predicted molar refractivity (Wildman–Crippen MR) is 71.5 cm³/mol. The van der Waals surface area contributed by atoms with Gasteiger partial charge in [0.15, 0.2) is 0 Å². The van der Waals surface area contributed by atoms with Crippen molar-refractivity contribution in [1.82, 2.24) is 9.97 Å². The Labute approximate surface area is 104 Å². The normalized spacial score (nSPS) is 10.6. The van der Waals surface area contributed by atoms with Crippen LogP contribution in [0.3, 0.4) is 0 Å². The standard InChI is InChI=1S/C12H14N2S2/c1-3-4-10-11(13-7-14-12(10)15)9-5-8(2)16-6-9/h5-7H,3-4H2,1-2H3,(H,13,14,15). The molecule has 0 aliphatic heterocycles. The Morgan fingerprint density at radius 2 is 2.31 bits per heavy atom. The highest BCUT2D eigenvalue weighted by molar-refractivity contribution is 7.71. The van der Waals surface area contributed by atoms with Crippen molar-refractivity contribution in [3.05, 3.63) is 32.9 Å². The summed E-state index contributed by atoms with van der Waals surface area (Å²) in [5.74, 6) is 0. The van der Waals surface area contributed by atoms with Crippen molar-refractivity contribution in [2.24, 2.45) is 0 Å². The second-order valence-corrected chi connectivity index (χ2v) is 5.26. The predicted octanol–water partition coefficient (Wildman–Crippen LogP) is 4.13. The average molecular weight is 250 g/mol. The van der Waals surface area contributed by atoms with E-state index in [4.69, 9.17) is 12.2 Å². The van der Waals surface area contributed by atoms with Gasteiger partial charge in [0.05, 0.1) is 12.0 Å². The molecule has 84 valence electrons. The van der Waals surface area contributed by atoms with Crippen molar-refractivity contribution in [3.8, 4) is 11.3 Å². The molecular weight excluding hydrogens is 236 g/mol. The summed E-state index contributed by atoms with van der Waals surface area (Å²) in [5, 5.41) is 2.16. The molecule has 0 aromatic carbocycles. The molecule has 2 rings (SSSR count). The molecule has 0 saturated carbocycles. The molecule has 0 atom stereocenters. The van der Waals surface area contributed by atoms with E-state index in [1.807, 2.05) is 0 Å². The zero-order chi connectivity index (χ0) is 11.5. The van der Waals surface area contributed by atoms with Crippen molar-refractivity contribution in [2.75, 3.05) is 0 Å². The van der Waals surface area contributed by atoms with Crippen LogP contribution in [-0.2, 0) is 6.42 Å². The minimum Gasteiger partial charge on any atom is -0.346 e. The number of aromatic amines is 1. The second-order valence-electron chi connectivity index (χ2n) is 3.76. The van der Waals surface area contributed by atoms with Gasteiger partial charge in [0, 0.05) is 21.4 Å². The van der Waals surface area contributed by atoms with Gasteiger partial charge < -0.3 is 4.98 Å². The first-order valence-corrected chi connectivity index (χ1v) is 6.63. The lowest BCUT2D eigenvalue weighted by Gasteiger charge is -2.06. The minimum absolute atomic E-state index is 0.722. The van der Waals surface area contributed by atoms with Crippen molar-refractivity contribution in [2.45, 2.75) is 26.7 Å². The number of nitrogens with one attached hydrogen (secondary N) is 1. The van der Waals surface area contributed by atoms with E-state index in [0.717, 1.165) is 28.7 Å². The van der Waals surface area contributed by atoms with E-state index >= 15 is 0 Å². The molecule has 0 saturated heterocycles. The average Bonchev–Trinajstić information content (AvgIpc) is 2.68. The maximum atomic E-state index is 5.28. The summed E-state index contributed by atoms with van der Waals surface area (Å²) in [6, 6.07) is 2.18.